The summed E-state index contributed by atoms with van der Waals surface area (Å²) in [6.07, 6.45) is 22.4. The van der Waals surface area contributed by atoms with Gasteiger partial charge in [0.05, 0.1) is 26.4 Å². The van der Waals surface area contributed by atoms with Crippen LogP contribution >= 0.6 is 0 Å². The predicted octanol–water partition coefficient (Wildman–Crippen LogP) is 6.20. The van der Waals surface area contributed by atoms with Gasteiger partial charge >= 0.3 is 11.9 Å². The maximum absolute atomic E-state index is 12.0. The lowest BCUT2D eigenvalue weighted by molar-refractivity contribution is -0.163. The fraction of sp³-hybridized carbons (Fsp3) is 0.952. The number of carbonyl (C=O) groups excluding carboxylic acids is 2. The van der Waals surface area contributed by atoms with Crippen LogP contribution in [0.2, 0.25) is 0 Å². The van der Waals surface area contributed by atoms with Crippen LogP contribution in [0, 0.1) is 0 Å². The summed E-state index contributed by atoms with van der Waals surface area (Å²) in [7, 11) is 0. The Morgan fingerprint density at radius 2 is 0.741 bits per heavy atom. The molecule has 0 aromatic rings. The fourth-order valence-corrected chi connectivity index (χ4v) is 7.00. The molecule has 0 aromatic carbocycles. The van der Waals surface area contributed by atoms with Gasteiger partial charge < -0.3 is 49.6 Å². The highest BCUT2D eigenvalue weighted by molar-refractivity contribution is 5.70. The van der Waals surface area contributed by atoms with Gasteiger partial charge in [-0.05, 0) is 12.8 Å². The zero-order chi connectivity index (χ0) is 39.8. The number of rotatable bonds is 32. The highest BCUT2D eigenvalue weighted by Crippen LogP contribution is 2.22. The van der Waals surface area contributed by atoms with Gasteiger partial charge in [0.2, 0.25) is 0 Å². The molecule has 54 heavy (non-hydrogen) atoms. The molecule has 0 amide bonds. The first-order chi connectivity index (χ1) is 26.2. The molecule has 0 saturated carbocycles. The number of unbranched alkanes of at least 4 members (excludes halogenated alkanes) is 22. The van der Waals surface area contributed by atoms with E-state index in [2.05, 4.69) is 13.8 Å². The van der Waals surface area contributed by atoms with Crippen molar-refractivity contribution in [1.29, 1.82) is 0 Å². The van der Waals surface area contributed by atoms with Crippen LogP contribution in [0.25, 0.3) is 0 Å². The second kappa shape index (κ2) is 33.7. The lowest BCUT2D eigenvalue weighted by Crippen LogP contribution is -2.43. The lowest BCUT2D eigenvalue weighted by Gasteiger charge is -2.24. The van der Waals surface area contributed by atoms with Crippen molar-refractivity contribution in [2.75, 3.05) is 26.4 Å². The van der Waals surface area contributed by atoms with Gasteiger partial charge in [-0.3, -0.25) is 9.59 Å². The topological polar surface area (TPSA) is 192 Å². The molecule has 0 aliphatic carbocycles. The Labute approximate surface area is 326 Å². The highest BCUT2D eigenvalue weighted by atomic mass is 16.6. The van der Waals surface area contributed by atoms with Crippen LogP contribution in [0.3, 0.4) is 0 Å². The summed E-state index contributed by atoms with van der Waals surface area (Å²) in [5.41, 5.74) is 0. The molecule has 2 fully saturated rings. The zero-order valence-electron chi connectivity index (χ0n) is 34.0. The third-order valence-corrected chi connectivity index (χ3v) is 10.5. The molecule has 0 bridgehead atoms. The Morgan fingerprint density at radius 3 is 0.963 bits per heavy atom. The Hall–Kier alpha value is -1.38. The predicted molar refractivity (Wildman–Crippen MR) is 209 cm³/mol. The van der Waals surface area contributed by atoms with Gasteiger partial charge in [-0.25, -0.2) is 0 Å². The van der Waals surface area contributed by atoms with E-state index in [0.29, 0.717) is 12.8 Å². The van der Waals surface area contributed by atoms with Gasteiger partial charge in [0.25, 0.3) is 0 Å². The zero-order valence-corrected chi connectivity index (χ0v) is 34.0. The molecule has 2 heterocycles. The standard InChI is InChI=1S/C24H46O6.C18H34O6/c1-2-3-4-5-6-7-8-9-10-11-12-13-14-15-16-17-22(27)30-21(18-25)24-23(28)20(26)19-29-24;1-2-3-4-5-6-7-8-9-10-11-16(21)24-15(12-19)18-17(22)14(20)13-23-18/h20-21,23-26,28H,2-19H2,1H3;14-15,17-20,22H,2-13H2,1H3/t20-,21+,23+,24+;14-,15+,17+,18+/m00/s1. The van der Waals surface area contributed by atoms with E-state index in [9.17, 15) is 40.2 Å². The number of carbonyl (C=O) groups is 2. The summed E-state index contributed by atoms with van der Waals surface area (Å²) >= 11 is 0. The number of ether oxygens (including phenoxy) is 4. The van der Waals surface area contributed by atoms with Crippen LogP contribution in [0.4, 0.5) is 0 Å². The number of hydrogen-bond donors (Lipinski definition) is 6. The minimum atomic E-state index is -1.14. The average Bonchev–Trinajstić information content (AvgIpc) is 3.68. The summed E-state index contributed by atoms with van der Waals surface area (Å²) < 4.78 is 20.8. The Bertz CT molecular complexity index is 891. The van der Waals surface area contributed by atoms with E-state index >= 15 is 0 Å². The van der Waals surface area contributed by atoms with Crippen molar-refractivity contribution in [1.82, 2.24) is 0 Å². The molecule has 6 N–H and O–H groups in total. The van der Waals surface area contributed by atoms with Crippen molar-refractivity contribution < 1.29 is 59.2 Å². The highest BCUT2D eigenvalue weighted by Gasteiger charge is 2.42. The molecule has 12 heteroatoms. The van der Waals surface area contributed by atoms with Crippen molar-refractivity contribution in [2.45, 2.75) is 230 Å². The number of aliphatic hydroxyl groups is 6. The van der Waals surface area contributed by atoms with Crippen LogP contribution in [0.1, 0.15) is 181 Å². The first-order valence-corrected chi connectivity index (χ1v) is 21.8. The summed E-state index contributed by atoms with van der Waals surface area (Å²) in [6.45, 7) is 3.57. The van der Waals surface area contributed by atoms with Gasteiger partial charge in [0.1, 0.15) is 36.6 Å². The van der Waals surface area contributed by atoms with Gasteiger partial charge in [0.15, 0.2) is 12.2 Å². The van der Waals surface area contributed by atoms with E-state index < -0.39 is 68.0 Å². The molecule has 2 aliphatic rings. The van der Waals surface area contributed by atoms with Crippen LogP contribution in [-0.2, 0) is 28.5 Å². The third kappa shape index (κ3) is 23.6. The quantitative estimate of drug-likeness (QED) is 0.0335. The first kappa shape index (κ1) is 50.6. The second-order valence-electron chi connectivity index (χ2n) is 15.4. The van der Waals surface area contributed by atoms with Crippen molar-refractivity contribution in [3.63, 3.8) is 0 Å². The molecule has 2 rings (SSSR count). The van der Waals surface area contributed by atoms with E-state index in [1.165, 1.54) is 116 Å². The molecule has 0 unspecified atom stereocenters. The number of aliphatic hydroxyl groups excluding tert-OH is 6. The number of esters is 2. The molecule has 2 aliphatic heterocycles. The maximum Gasteiger partial charge on any atom is 0.306 e. The Kier molecular flexibility index (Phi) is 31.6. The summed E-state index contributed by atoms with van der Waals surface area (Å²) in [5.74, 6) is -0.782. The molecule has 12 nitrogen and oxygen atoms in total. The third-order valence-electron chi connectivity index (χ3n) is 10.5. The summed E-state index contributed by atoms with van der Waals surface area (Å²) in [5, 5.41) is 57.2. The van der Waals surface area contributed by atoms with Crippen LogP contribution in [0.5, 0.6) is 0 Å². The van der Waals surface area contributed by atoms with Gasteiger partial charge in [-0.2, -0.15) is 0 Å². The van der Waals surface area contributed by atoms with Crippen molar-refractivity contribution in [2.24, 2.45) is 0 Å². The lowest BCUT2D eigenvalue weighted by atomic mass is 10.0. The largest absolute Gasteiger partial charge is 0.457 e. The average molecular weight is 777 g/mol. The van der Waals surface area contributed by atoms with Crippen molar-refractivity contribution >= 4 is 11.9 Å². The molecule has 2 saturated heterocycles. The van der Waals surface area contributed by atoms with E-state index in [1.807, 2.05) is 0 Å². The monoisotopic (exact) mass is 777 g/mol. The van der Waals surface area contributed by atoms with Crippen LogP contribution in [0.15, 0.2) is 0 Å². The molecule has 0 aromatic heterocycles. The minimum Gasteiger partial charge on any atom is -0.457 e. The van der Waals surface area contributed by atoms with Crippen LogP contribution in [-0.4, -0.2) is 118 Å². The molecule has 0 spiro atoms. The van der Waals surface area contributed by atoms with E-state index in [0.717, 1.165) is 38.5 Å². The van der Waals surface area contributed by atoms with E-state index in [-0.39, 0.29) is 19.2 Å². The fourth-order valence-electron chi connectivity index (χ4n) is 7.00. The molecular weight excluding hydrogens is 696 g/mol. The summed E-state index contributed by atoms with van der Waals surface area (Å²) in [4.78, 5) is 23.8. The van der Waals surface area contributed by atoms with Crippen LogP contribution < -0.4 is 0 Å². The molecule has 8 atom stereocenters. The van der Waals surface area contributed by atoms with E-state index in [1.54, 1.807) is 0 Å². The minimum absolute atomic E-state index is 0.0149. The SMILES string of the molecule is CCCCCCCCCCCC(=O)O[C@H](CO)[C@H]1OC[C@H](O)[C@H]1O.CCCCCCCCCCCCCCCCCC(=O)O[C@H](CO)[C@H]1OC[C@H](O)[C@H]1O. The Balaban J connectivity index is 0.000000553. The molecular formula is C42H80O12. The smallest absolute Gasteiger partial charge is 0.306 e. The number of hydrogen-bond acceptors (Lipinski definition) is 12. The van der Waals surface area contributed by atoms with Crippen molar-refractivity contribution in [3.05, 3.63) is 0 Å². The Morgan fingerprint density at radius 1 is 0.481 bits per heavy atom. The molecule has 320 valence electrons. The van der Waals surface area contributed by atoms with Gasteiger partial charge in [-0.1, -0.05) is 155 Å². The van der Waals surface area contributed by atoms with Gasteiger partial charge in [0, 0.05) is 12.8 Å². The second-order valence-corrected chi connectivity index (χ2v) is 15.4. The normalized spacial score (nSPS) is 23.5. The van der Waals surface area contributed by atoms with E-state index in [4.69, 9.17) is 18.9 Å². The van der Waals surface area contributed by atoms with Crippen molar-refractivity contribution in [3.8, 4) is 0 Å². The molecule has 0 radical (unpaired) electrons. The first-order valence-electron chi connectivity index (χ1n) is 21.8. The summed E-state index contributed by atoms with van der Waals surface area (Å²) in [6, 6.07) is 0. The maximum atomic E-state index is 12.0. The van der Waals surface area contributed by atoms with Gasteiger partial charge in [-0.15, -0.1) is 0 Å².